The van der Waals surface area contributed by atoms with Gasteiger partial charge in [-0.25, -0.2) is 8.42 Å². The highest BCUT2D eigenvalue weighted by Gasteiger charge is 2.25. The van der Waals surface area contributed by atoms with Crippen LogP contribution < -0.4 is 10.5 Å². The summed E-state index contributed by atoms with van der Waals surface area (Å²) in [4.78, 5) is 0. The third-order valence-electron chi connectivity index (χ3n) is 4.69. The molecule has 0 saturated carbocycles. The smallest absolute Gasteiger partial charge is 0.150 e. The predicted molar refractivity (Wildman–Crippen MR) is 107 cm³/mol. The van der Waals surface area contributed by atoms with Crippen LogP contribution in [0.3, 0.4) is 0 Å². The maximum atomic E-state index is 11.5. The first kappa shape index (κ1) is 20.4. The molecular formula is C19H21Cl2NO4S. The van der Waals surface area contributed by atoms with Gasteiger partial charge in [-0.05, 0) is 48.2 Å². The Morgan fingerprint density at radius 3 is 2.19 bits per heavy atom. The van der Waals surface area contributed by atoms with Gasteiger partial charge in [-0.15, -0.1) is 0 Å². The van der Waals surface area contributed by atoms with E-state index >= 15 is 0 Å². The third kappa shape index (κ3) is 5.15. The maximum absolute atomic E-state index is 11.5. The fourth-order valence-electron chi connectivity index (χ4n) is 3.03. The van der Waals surface area contributed by atoms with E-state index in [1.54, 1.807) is 42.5 Å². The summed E-state index contributed by atoms with van der Waals surface area (Å²) >= 11 is 11.9. The van der Waals surface area contributed by atoms with E-state index in [2.05, 4.69) is 0 Å². The molecule has 1 fully saturated rings. The van der Waals surface area contributed by atoms with E-state index in [0.717, 1.165) is 0 Å². The predicted octanol–water partition coefficient (Wildman–Crippen LogP) is 3.68. The van der Waals surface area contributed by atoms with Crippen LogP contribution in [0.15, 0.2) is 42.5 Å². The highest BCUT2D eigenvalue weighted by atomic mass is 35.5. The number of ether oxygens (including phenoxy) is 1. The summed E-state index contributed by atoms with van der Waals surface area (Å²) in [6.07, 6.45) is -0.0389. The van der Waals surface area contributed by atoms with Gasteiger partial charge in [0.05, 0.1) is 33.7 Å². The highest BCUT2D eigenvalue weighted by molar-refractivity contribution is 7.91. The Bertz CT molecular complexity index is 888. The lowest BCUT2D eigenvalue weighted by Gasteiger charge is -2.24. The topological polar surface area (TPSA) is 89.6 Å². The molecule has 1 aliphatic rings. The van der Waals surface area contributed by atoms with E-state index in [4.69, 9.17) is 33.7 Å². The minimum atomic E-state index is -2.91. The molecule has 0 amide bonds. The van der Waals surface area contributed by atoms with Crippen molar-refractivity contribution in [1.82, 2.24) is 0 Å². The van der Waals surface area contributed by atoms with Crippen LogP contribution in [-0.4, -0.2) is 31.1 Å². The third-order valence-corrected chi connectivity index (χ3v) is 7.15. The summed E-state index contributed by atoms with van der Waals surface area (Å²) in [5.74, 6) is 0.957. The van der Waals surface area contributed by atoms with Gasteiger partial charge in [0.1, 0.15) is 11.9 Å². The van der Waals surface area contributed by atoms with E-state index in [-0.39, 0.29) is 17.6 Å². The number of hydrogen-bond donors (Lipinski definition) is 2. The van der Waals surface area contributed by atoms with E-state index in [1.807, 2.05) is 0 Å². The van der Waals surface area contributed by atoms with Crippen LogP contribution in [0, 0.1) is 0 Å². The van der Waals surface area contributed by atoms with Gasteiger partial charge in [0.15, 0.2) is 9.84 Å². The number of rotatable bonds is 5. The van der Waals surface area contributed by atoms with Crippen molar-refractivity contribution < 1.29 is 18.3 Å². The van der Waals surface area contributed by atoms with Crippen molar-refractivity contribution in [3.8, 4) is 5.75 Å². The molecule has 2 unspecified atom stereocenters. The zero-order valence-corrected chi connectivity index (χ0v) is 16.8. The van der Waals surface area contributed by atoms with Crippen LogP contribution in [0.4, 0.5) is 0 Å². The number of aliphatic hydroxyl groups is 1. The Labute approximate surface area is 169 Å². The fraction of sp³-hybridized carbons (Fsp3) is 0.368. The lowest BCUT2D eigenvalue weighted by atomic mass is 9.96. The lowest BCUT2D eigenvalue weighted by Crippen LogP contribution is -2.30. The van der Waals surface area contributed by atoms with Gasteiger partial charge in [-0.2, -0.15) is 0 Å². The van der Waals surface area contributed by atoms with Crippen LogP contribution in [0.25, 0.3) is 0 Å². The Morgan fingerprint density at radius 2 is 1.59 bits per heavy atom. The molecule has 3 rings (SSSR count). The Hall–Kier alpha value is -1.31. The first-order chi connectivity index (χ1) is 12.7. The van der Waals surface area contributed by atoms with Crippen molar-refractivity contribution in [2.24, 2.45) is 5.73 Å². The molecule has 2 aromatic carbocycles. The molecule has 1 aliphatic heterocycles. The monoisotopic (exact) mass is 429 g/mol. The maximum Gasteiger partial charge on any atom is 0.150 e. The van der Waals surface area contributed by atoms with Gasteiger partial charge in [0, 0.05) is 0 Å². The molecule has 27 heavy (non-hydrogen) atoms. The molecule has 0 spiro atoms. The van der Waals surface area contributed by atoms with E-state index in [1.165, 1.54) is 0 Å². The molecule has 8 heteroatoms. The number of halogens is 2. The number of aliphatic hydroxyl groups excluding tert-OH is 1. The zero-order chi connectivity index (χ0) is 19.6. The van der Waals surface area contributed by atoms with Crippen molar-refractivity contribution in [2.75, 3.05) is 11.5 Å². The summed E-state index contributed by atoms with van der Waals surface area (Å²) in [7, 11) is -2.91. The molecule has 0 radical (unpaired) electrons. The molecule has 0 aromatic heterocycles. The number of nitrogens with two attached hydrogens (primary N) is 1. The van der Waals surface area contributed by atoms with Crippen LogP contribution in [-0.2, 0) is 9.84 Å². The normalized spacial score (nSPS) is 19.4. The quantitative estimate of drug-likeness (QED) is 0.756. The van der Waals surface area contributed by atoms with Crippen molar-refractivity contribution in [1.29, 1.82) is 0 Å². The molecule has 5 nitrogen and oxygen atoms in total. The molecule has 0 aliphatic carbocycles. The van der Waals surface area contributed by atoms with Crippen molar-refractivity contribution >= 4 is 33.0 Å². The Kier molecular flexibility index (Phi) is 6.33. The first-order valence-corrected chi connectivity index (χ1v) is 11.2. The van der Waals surface area contributed by atoms with Crippen molar-refractivity contribution in [3.05, 3.63) is 63.6 Å². The zero-order valence-electron chi connectivity index (χ0n) is 14.5. The van der Waals surface area contributed by atoms with Crippen LogP contribution in [0.1, 0.15) is 36.1 Å². The van der Waals surface area contributed by atoms with Crippen molar-refractivity contribution in [3.63, 3.8) is 0 Å². The van der Waals surface area contributed by atoms with Gasteiger partial charge >= 0.3 is 0 Å². The Balaban J connectivity index is 1.64. The molecule has 0 bridgehead atoms. The van der Waals surface area contributed by atoms with Crippen molar-refractivity contribution in [2.45, 2.75) is 31.1 Å². The van der Waals surface area contributed by atoms with E-state index in [9.17, 15) is 13.5 Å². The molecular weight excluding hydrogens is 409 g/mol. The molecule has 2 aromatic rings. The standard InChI is InChI=1S/C19H21Cl2NO4S/c20-16-6-3-13(11-17(16)21)18(22)19(23)12-1-4-14(5-2-12)26-15-7-9-27(24,25)10-8-15/h1-6,11,15,18-19,23H,7-10,22H2. The van der Waals surface area contributed by atoms with Crippen LogP contribution >= 0.6 is 23.2 Å². The second-order valence-corrected chi connectivity index (χ2v) is 9.80. The summed E-state index contributed by atoms with van der Waals surface area (Å²) < 4.78 is 28.8. The average Bonchev–Trinajstić information content (AvgIpc) is 2.65. The average molecular weight is 430 g/mol. The van der Waals surface area contributed by atoms with Gasteiger partial charge in [0.2, 0.25) is 0 Å². The molecule has 1 heterocycles. The first-order valence-electron chi connectivity index (χ1n) is 8.61. The summed E-state index contributed by atoms with van der Waals surface area (Å²) in [5, 5.41) is 11.4. The van der Waals surface area contributed by atoms with Crippen LogP contribution in [0.5, 0.6) is 5.75 Å². The SMILES string of the molecule is NC(c1ccc(Cl)c(Cl)c1)C(O)c1ccc(OC2CCS(=O)(=O)CC2)cc1. The minimum Gasteiger partial charge on any atom is -0.490 e. The number of benzene rings is 2. The van der Waals surface area contributed by atoms with E-state index < -0.39 is 22.0 Å². The number of sulfone groups is 1. The Morgan fingerprint density at radius 1 is 1.00 bits per heavy atom. The van der Waals surface area contributed by atoms with Gasteiger partial charge in [-0.3, -0.25) is 0 Å². The second kappa shape index (κ2) is 8.37. The van der Waals surface area contributed by atoms with Crippen LogP contribution in [0.2, 0.25) is 10.0 Å². The molecule has 2 atom stereocenters. The van der Waals surface area contributed by atoms with Gasteiger partial charge in [0.25, 0.3) is 0 Å². The summed E-state index contributed by atoms with van der Waals surface area (Å²) in [5.41, 5.74) is 7.49. The summed E-state index contributed by atoms with van der Waals surface area (Å²) in [6, 6.07) is 11.4. The molecule has 1 saturated heterocycles. The van der Waals surface area contributed by atoms with Gasteiger partial charge < -0.3 is 15.6 Å². The number of hydrogen-bond acceptors (Lipinski definition) is 5. The molecule has 146 valence electrons. The lowest BCUT2D eigenvalue weighted by molar-refractivity contribution is 0.146. The van der Waals surface area contributed by atoms with Gasteiger partial charge in [-0.1, -0.05) is 41.4 Å². The largest absolute Gasteiger partial charge is 0.490 e. The van der Waals surface area contributed by atoms with E-state index in [0.29, 0.717) is 39.8 Å². The fourth-order valence-corrected chi connectivity index (χ4v) is 4.79. The second-order valence-electron chi connectivity index (χ2n) is 6.68. The molecule has 3 N–H and O–H groups in total. The highest BCUT2D eigenvalue weighted by Crippen LogP contribution is 2.32. The summed E-state index contributed by atoms with van der Waals surface area (Å²) in [6.45, 7) is 0. The minimum absolute atomic E-state index is 0.109.